The van der Waals surface area contributed by atoms with E-state index in [0.29, 0.717) is 17.1 Å². The molecule has 0 aliphatic carbocycles. The Labute approximate surface area is 148 Å². The maximum absolute atomic E-state index is 12.7. The Kier molecular flexibility index (Phi) is 5.14. The molecular formula is C18H17N3O5. The Balaban J connectivity index is 1.99. The molecule has 1 amide bonds. The van der Waals surface area contributed by atoms with Gasteiger partial charge in [0.2, 0.25) is 0 Å². The molecule has 3 aromatic rings. The highest BCUT2D eigenvalue weighted by Gasteiger charge is 2.24. The predicted molar refractivity (Wildman–Crippen MR) is 91.9 cm³/mol. The minimum atomic E-state index is -1.22. The fourth-order valence-corrected chi connectivity index (χ4v) is 2.47. The van der Waals surface area contributed by atoms with Gasteiger partial charge in [0.05, 0.1) is 12.0 Å². The number of rotatable bonds is 7. The van der Waals surface area contributed by atoms with E-state index in [2.05, 4.69) is 10.4 Å². The average Bonchev–Trinajstić information content (AvgIpc) is 3.31. The fraction of sp³-hybridized carbons (Fsp3) is 0.167. The summed E-state index contributed by atoms with van der Waals surface area (Å²) in [5.41, 5.74) is 1.24. The maximum Gasteiger partial charge on any atom is 0.326 e. The van der Waals surface area contributed by atoms with Gasteiger partial charge in [0.15, 0.2) is 5.76 Å². The Morgan fingerprint density at radius 2 is 1.96 bits per heavy atom. The van der Waals surface area contributed by atoms with Gasteiger partial charge in [-0.1, -0.05) is 18.2 Å². The van der Waals surface area contributed by atoms with E-state index in [1.165, 1.54) is 17.0 Å². The van der Waals surface area contributed by atoms with Crippen LogP contribution in [-0.4, -0.2) is 44.5 Å². The van der Waals surface area contributed by atoms with Crippen LogP contribution in [0.5, 0.6) is 0 Å². The Morgan fingerprint density at radius 1 is 1.19 bits per heavy atom. The zero-order valence-electron chi connectivity index (χ0n) is 13.7. The normalized spacial score (nSPS) is 11.9. The maximum atomic E-state index is 12.7. The summed E-state index contributed by atoms with van der Waals surface area (Å²) in [7, 11) is 0. The van der Waals surface area contributed by atoms with Crippen LogP contribution in [-0.2, 0) is 4.79 Å². The summed E-state index contributed by atoms with van der Waals surface area (Å²) >= 11 is 0. The second-order valence-electron chi connectivity index (χ2n) is 5.52. The summed E-state index contributed by atoms with van der Waals surface area (Å²) in [4.78, 5) is 23.9. The smallest absolute Gasteiger partial charge is 0.326 e. The van der Waals surface area contributed by atoms with Crippen molar-refractivity contribution in [2.24, 2.45) is 0 Å². The number of nitrogens with zero attached hydrogens (tertiary/aromatic N) is 2. The molecule has 134 valence electrons. The molecule has 0 aliphatic heterocycles. The van der Waals surface area contributed by atoms with E-state index in [1.54, 1.807) is 36.4 Å². The van der Waals surface area contributed by atoms with E-state index in [9.17, 15) is 14.7 Å². The van der Waals surface area contributed by atoms with Crippen molar-refractivity contribution >= 4 is 11.9 Å². The number of amides is 1. The lowest BCUT2D eigenvalue weighted by Gasteiger charge is -2.14. The van der Waals surface area contributed by atoms with Crippen molar-refractivity contribution in [2.75, 3.05) is 6.61 Å². The highest BCUT2D eigenvalue weighted by atomic mass is 16.4. The molecule has 0 aliphatic rings. The molecule has 26 heavy (non-hydrogen) atoms. The third-order valence-corrected chi connectivity index (χ3v) is 3.74. The number of furan rings is 1. The number of hydrogen-bond donors (Lipinski definition) is 3. The van der Waals surface area contributed by atoms with Crippen molar-refractivity contribution in [3.8, 4) is 17.1 Å². The van der Waals surface area contributed by atoms with Gasteiger partial charge in [-0.05, 0) is 24.3 Å². The Bertz CT molecular complexity index is 887. The molecule has 0 radical (unpaired) electrons. The number of aliphatic hydroxyl groups excluding tert-OH is 1. The van der Waals surface area contributed by atoms with Crippen molar-refractivity contribution in [2.45, 2.75) is 12.5 Å². The monoisotopic (exact) mass is 355 g/mol. The molecular weight excluding hydrogens is 338 g/mol. The number of carboxylic acids is 1. The lowest BCUT2D eigenvalue weighted by atomic mass is 10.2. The number of benzene rings is 1. The van der Waals surface area contributed by atoms with Crippen LogP contribution in [0.4, 0.5) is 0 Å². The van der Waals surface area contributed by atoms with Gasteiger partial charge in [-0.3, -0.25) is 4.79 Å². The molecule has 2 heterocycles. The molecule has 8 heteroatoms. The van der Waals surface area contributed by atoms with E-state index >= 15 is 0 Å². The van der Waals surface area contributed by atoms with Crippen molar-refractivity contribution in [1.29, 1.82) is 0 Å². The van der Waals surface area contributed by atoms with Gasteiger partial charge in [-0.25, -0.2) is 9.48 Å². The number of carbonyl (C=O) groups is 2. The summed E-state index contributed by atoms with van der Waals surface area (Å²) in [6.45, 7) is -0.354. The van der Waals surface area contributed by atoms with Crippen LogP contribution in [0.15, 0.2) is 59.2 Å². The van der Waals surface area contributed by atoms with Crippen LogP contribution in [0.1, 0.15) is 16.9 Å². The van der Waals surface area contributed by atoms with Crippen LogP contribution in [0.25, 0.3) is 17.1 Å². The molecule has 0 saturated carbocycles. The molecule has 0 bridgehead atoms. The summed E-state index contributed by atoms with van der Waals surface area (Å²) in [6, 6.07) is 12.7. The standard InChI is InChI=1S/C18H17N3O5/c22-9-8-13(18(24)25)19-17(23)15-11-14(16-7-4-10-26-16)20-21(15)12-5-2-1-3-6-12/h1-7,10-11,13,22H,8-9H2,(H,19,23)(H,24,25)/t13-/m0/s1. The first-order valence-corrected chi connectivity index (χ1v) is 7.94. The molecule has 0 unspecified atom stereocenters. The van der Waals surface area contributed by atoms with Crippen LogP contribution in [0.2, 0.25) is 0 Å². The number of hydrogen-bond acceptors (Lipinski definition) is 5. The molecule has 1 atom stereocenters. The van der Waals surface area contributed by atoms with Gasteiger partial charge >= 0.3 is 5.97 Å². The topological polar surface area (TPSA) is 118 Å². The molecule has 1 aromatic carbocycles. The molecule has 8 nitrogen and oxygen atoms in total. The van der Waals surface area contributed by atoms with E-state index in [4.69, 9.17) is 9.52 Å². The number of aliphatic hydroxyl groups is 1. The number of aliphatic carboxylic acids is 1. The summed E-state index contributed by atoms with van der Waals surface area (Å²) < 4.78 is 6.75. The first-order chi connectivity index (χ1) is 12.6. The molecule has 2 aromatic heterocycles. The summed E-state index contributed by atoms with van der Waals surface area (Å²) in [6.07, 6.45) is 1.41. The van der Waals surface area contributed by atoms with Gasteiger partial charge in [-0.2, -0.15) is 5.10 Å². The lowest BCUT2D eigenvalue weighted by Crippen LogP contribution is -2.42. The Morgan fingerprint density at radius 3 is 2.58 bits per heavy atom. The first-order valence-electron chi connectivity index (χ1n) is 7.94. The van der Waals surface area contributed by atoms with Gasteiger partial charge in [-0.15, -0.1) is 0 Å². The summed E-state index contributed by atoms with van der Waals surface area (Å²) in [5.74, 6) is -1.34. The summed E-state index contributed by atoms with van der Waals surface area (Å²) in [5, 5.41) is 25.0. The molecule has 3 rings (SSSR count). The highest BCUT2D eigenvalue weighted by Crippen LogP contribution is 2.22. The number of para-hydroxylation sites is 1. The van der Waals surface area contributed by atoms with Crippen LogP contribution in [0.3, 0.4) is 0 Å². The second kappa shape index (κ2) is 7.66. The van der Waals surface area contributed by atoms with Crippen molar-refractivity contribution in [3.05, 3.63) is 60.5 Å². The van der Waals surface area contributed by atoms with Crippen molar-refractivity contribution in [1.82, 2.24) is 15.1 Å². The second-order valence-corrected chi connectivity index (χ2v) is 5.52. The SMILES string of the molecule is O=C(N[C@@H](CCO)C(=O)O)c1cc(-c2ccco2)nn1-c1ccccc1. The van der Waals surface area contributed by atoms with Crippen LogP contribution >= 0.6 is 0 Å². The zero-order chi connectivity index (χ0) is 18.5. The Hall–Kier alpha value is -3.39. The largest absolute Gasteiger partial charge is 0.480 e. The average molecular weight is 355 g/mol. The van der Waals surface area contributed by atoms with E-state index in [-0.39, 0.29) is 18.7 Å². The first kappa shape index (κ1) is 17.4. The molecule has 3 N–H and O–H groups in total. The quantitative estimate of drug-likeness (QED) is 0.594. The number of aromatic nitrogens is 2. The van der Waals surface area contributed by atoms with Gasteiger partial charge in [0, 0.05) is 19.1 Å². The third-order valence-electron chi connectivity index (χ3n) is 3.74. The fourth-order valence-electron chi connectivity index (χ4n) is 2.47. The van der Waals surface area contributed by atoms with Crippen LogP contribution < -0.4 is 5.32 Å². The molecule has 0 fully saturated rings. The zero-order valence-corrected chi connectivity index (χ0v) is 13.7. The van der Waals surface area contributed by atoms with Crippen molar-refractivity contribution < 1.29 is 24.2 Å². The van der Waals surface area contributed by atoms with Gasteiger partial charge < -0.3 is 19.9 Å². The van der Waals surface area contributed by atoms with E-state index in [0.717, 1.165) is 0 Å². The third kappa shape index (κ3) is 3.65. The van der Waals surface area contributed by atoms with Crippen LogP contribution in [0, 0.1) is 0 Å². The van der Waals surface area contributed by atoms with Gasteiger partial charge in [0.25, 0.3) is 5.91 Å². The minimum absolute atomic E-state index is 0.0917. The minimum Gasteiger partial charge on any atom is -0.480 e. The highest BCUT2D eigenvalue weighted by molar-refractivity contribution is 5.96. The van der Waals surface area contributed by atoms with Crippen molar-refractivity contribution in [3.63, 3.8) is 0 Å². The number of carboxylic acid groups (broad SMARTS) is 1. The number of carbonyl (C=O) groups excluding carboxylic acids is 1. The van der Waals surface area contributed by atoms with Gasteiger partial charge in [0.1, 0.15) is 17.4 Å². The predicted octanol–water partition coefficient (Wildman–Crippen LogP) is 1.70. The van der Waals surface area contributed by atoms with E-state index in [1.807, 2.05) is 6.07 Å². The lowest BCUT2D eigenvalue weighted by molar-refractivity contribution is -0.139. The molecule has 0 saturated heterocycles. The molecule has 0 spiro atoms. The van der Waals surface area contributed by atoms with E-state index < -0.39 is 17.9 Å². The number of nitrogens with one attached hydrogen (secondary N) is 1.